The highest BCUT2D eigenvalue weighted by atomic mass is 19.1. The van der Waals surface area contributed by atoms with Crippen molar-refractivity contribution in [3.63, 3.8) is 0 Å². The molecule has 0 aliphatic rings. The van der Waals surface area contributed by atoms with Gasteiger partial charge < -0.3 is 9.84 Å². The molecule has 0 aliphatic heterocycles. The van der Waals surface area contributed by atoms with E-state index in [1.54, 1.807) is 23.1 Å². The van der Waals surface area contributed by atoms with E-state index in [2.05, 4.69) is 10.1 Å². The zero-order valence-corrected chi connectivity index (χ0v) is 12.4. The molecule has 0 fully saturated rings. The second-order valence-electron chi connectivity index (χ2n) is 6.04. The van der Waals surface area contributed by atoms with Gasteiger partial charge in [-0.25, -0.2) is 14.1 Å². The van der Waals surface area contributed by atoms with E-state index in [0.29, 0.717) is 12.3 Å². The van der Waals surface area contributed by atoms with Crippen LogP contribution in [0, 0.1) is 11.2 Å². The van der Waals surface area contributed by atoms with Crippen molar-refractivity contribution in [2.24, 2.45) is 5.41 Å². The molecule has 1 N–H and O–H groups in total. The Bertz CT molecular complexity index is 549. The summed E-state index contributed by atoms with van der Waals surface area (Å²) in [5.41, 5.74) is -0.356. The van der Waals surface area contributed by atoms with Gasteiger partial charge in [0.05, 0.1) is 12.6 Å². The molecule has 2 rings (SSSR count). The first kappa shape index (κ1) is 15.4. The van der Waals surface area contributed by atoms with Crippen LogP contribution in [-0.2, 0) is 6.54 Å². The maximum absolute atomic E-state index is 12.9. The summed E-state index contributed by atoms with van der Waals surface area (Å²) in [6, 6.07) is 5.73. The van der Waals surface area contributed by atoms with Crippen LogP contribution in [0.3, 0.4) is 0 Å². The predicted octanol–water partition coefficient (Wildman–Crippen LogP) is 2.27. The number of nitrogens with zero attached hydrogens (tertiary/aromatic N) is 3. The van der Waals surface area contributed by atoms with Gasteiger partial charge in [-0.1, -0.05) is 20.8 Å². The van der Waals surface area contributed by atoms with E-state index < -0.39 is 12.2 Å². The Labute approximate surface area is 123 Å². The number of hydrogen-bond acceptors (Lipinski definition) is 4. The molecule has 21 heavy (non-hydrogen) atoms. The highest BCUT2D eigenvalue weighted by Crippen LogP contribution is 2.25. The van der Waals surface area contributed by atoms with E-state index in [1.807, 2.05) is 20.8 Å². The summed E-state index contributed by atoms with van der Waals surface area (Å²) in [6.45, 7) is 6.15. The first-order chi connectivity index (χ1) is 9.86. The number of aliphatic hydroxyl groups is 1. The quantitative estimate of drug-likeness (QED) is 0.918. The van der Waals surface area contributed by atoms with Gasteiger partial charge in [-0.15, -0.1) is 0 Å². The number of hydrogen-bond donors (Lipinski definition) is 1. The van der Waals surface area contributed by atoms with Crippen molar-refractivity contribution in [2.45, 2.75) is 39.5 Å². The lowest BCUT2D eigenvalue weighted by Gasteiger charge is -2.33. The molecule has 0 saturated heterocycles. The molecule has 0 saturated carbocycles. The van der Waals surface area contributed by atoms with Gasteiger partial charge in [-0.3, -0.25) is 0 Å². The highest BCUT2D eigenvalue weighted by Gasteiger charge is 2.32. The number of aliphatic hydroxyl groups excluding tert-OH is 1. The van der Waals surface area contributed by atoms with Crippen molar-refractivity contribution < 1.29 is 14.2 Å². The SMILES string of the molecule is CC(C)(C)C(O)C(Cn1cncn1)Oc1ccc(F)cc1. The minimum atomic E-state index is -0.716. The van der Waals surface area contributed by atoms with Gasteiger partial charge in [0.1, 0.15) is 30.3 Å². The van der Waals surface area contributed by atoms with Crippen molar-refractivity contribution in [1.29, 1.82) is 0 Å². The van der Waals surface area contributed by atoms with Crippen LogP contribution >= 0.6 is 0 Å². The molecular weight excluding hydrogens is 273 g/mol. The number of benzene rings is 1. The third-order valence-corrected chi connectivity index (χ3v) is 3.17. The zero-order chi connectivity index (χ0) is 15.5. The first-order valence-electron chi connectivity index (χ1n) is 6.79. The minimum absolute atomic E-state index is 0.327. The fraction of sp³-hybridized carbons (Fsp3) is 0.467. The molecule has 0 aliphatic carbocycles. The number of aromatic nitrogens is 3. The fourth-order valence-corrected chi connectivity index (χ4v) is 1.96. The molecule has 2 unspecified atom stereocenters. The lowest BCUT2D eigenvalue weighted by molar-refractivity contribution is -0.0397. The third kappa shape index (κ3) is 4.26. The molecule has 1 aromatic heterocycles. The maximum Gasteiger partial charge on any atom is 0.144 e. The number of ether oxygens (including phenoxy) is 1. The van der Waals surface area contributed by atoms with Gasteiger partial charge in [0, 0.05) is 0 Å². The Balaban J connectivity index is 2.16. The maximum atomic E-state index is 12.9. The van der Waals surface area contributed by atoms with Crippen molar-refractivity contribution >= 4 is 0 Å². The summed E-state index contributed by atoms with van der Waals surface area (Å²) >= 11 is 0. The van der Waals surface area contributed by atoms with E-state index >= 15 is 0 Å². The first-order valence-corrected chi connectivity index (χ1v) is 6.79. The molecule has 5 nitrogen and oxygen atoms in total. The lowest BCUT2D eigenvalue weighted by Crippen LogP contribution is -2.43. The van der Waals surface area contributed by atoms with Crippen molar-refractivity contribution in [3.8, 4) is 5.75 Å². The standard InChI is InChI=1S/C15H20FN3O2/c1-15(2,3)14(20)13(8-19-10-17-9-18-19)21-12-6-4-11(16)5-7-12/h4-7,9-10,13-14,20H,8H2,1-3H3. The molecule has 0 bridgehead atoms. The van der Waals surface area contributed by atoms with Gasteiger partial charge in [-0.05, 0) is 29.7 Å². The van der Waals surface area contributed by atoms with E-state index in [-0.39, 0.29) is 11.2 Å². The van der Waals surface area contributed by atoms with Crippen LogP contribution in [-0.4, -0.2) is 32.1 Å². The summed E-state index contributed by atoms with van der Waals surface area (Å²) in [7, 11) is 0. The molecule has 6 heteroatoms. The van der Waals surface area contributed by atoms with E-state index in [0.717, 1.165) is 0 Å². The molecule has 1 heterocycles. The van der Waals surface area contributed by atoms with Gasteiger partial charge in [0.25, 0.3) is 0 Å². The monoisotopic (exact) mass is 293 g/mol. The van der Waals surface area contributed by atoms with Crippen LogP contribution in [0.15, 0.2) is 36.9 Å². The van der Waals surface area contributed by atoms with Crippen molar-refractivity contribution in [3.05, 3.63) is 42.7 Å². The average molecular weight is 293 g/mol. The molecule has 2 aromatic rings. The second kappa shape index (κ2) is 6.22. The highest BCUT2D eigenvalue weighted by molar-refractivity contribution is 5.22. The Kier molecular flexibility index (Phi) is 4.57. The smallest absolute Gasteiger partial charge is 0.144 e. The number of rotatable bonds is 5. The fourth-order valence-electron chi connectivity index (χ4n) is 1.96. The Hall–Kier alpha value is -1.95. The van der Waals surface area contributed by atoms with Crippen LogP contribution in [0.4, 0.5) is 4.39 Å². The Morgan fingerprint density at radius 3 is 2.48 bits per heavy atom. The average Bonchev–Trinajstić information content (AvgIpc) is 2.91. The summed E-state index contributed by atoms with van der Waals surface area (Å²) in [5.74, 6) is 0.177. The molecule has 2 atom stereocenters. The van der Waals surface area contributed by atoms with Gasteiger partial charge in [-0.2, -0.15) is 5.10 Å². The van der Waals surface area contributed by atoms with Crippen LogP contribution in [0.25, 0.3) is 0 Å². The third-order valence-electron chi connectivity index (χ3n) is 3.17. The summed E-state index contributed by atoms with van der Waals surface area (Å²) < 4.78 is 20.4. The van der Waals surface area contributed by atoms with Crippen molar-refractivity contribution in [1.82, 2.24) is 14.8 Å². The van der Waals surface area contributed by atoms with Gasteiger partial charge in [0.2, 0.25) is 0 Å². The largest absolute Gasteiger partial charge is 0.486 e. The van der Waals surface area contributed by atoms with Crippen LogP contribution in [0.1, 0.15) is 20.8 Å². The molecule has 114 valence electrons. The molecule has 1 aromatic carbocycles. The number of halogens is 1. The van der Waals surface area contributed by atoms with Gasteiger partial charge >= 0.3 is 0 Å². The van der Waals surface area contributed by atoms with E-state index in [9.17, 15) is 9.50 Å². The predicted molar refractivity (Wildman–Crippen MR) is 76.3 cm³/mol. The van der Waals surface area contributed by atoms with E-state index in [1.165, 1.54) is 18.5 Å². The zero-order valence-electron chi connectivity index (χ0n) is 12.4. The minimum Gasteiger partial charge on any atom is -0.486 e. The Morgan fingerprint density at radius 2 is 1.95 bits per heavy atom. The molecule has 0 amide bonds. The van der Waals surface area contributed by atoms with Gasteiger partial charge in [0.15, 0.2) is 0 Å². The summed E-state index contributed by atoms with van der Waals surface area (Å²) in [6.07, 6.45) is 1.76. The summed E-state index contributed by atoms with van der Waals surface area (Å²) in [5, 5.41) is 14.5. The van der Waals surface area contributed by atoms with Crippen LogP contribution in [0.5, 0.6) is 5.75 Å². The molecular formula is C15H20FN3O2. The lowest BCUT2D eigenvalue weighted by atomic mass is 9.85. The molecule has 0 radical (unpaired) electrons. The second-order valence-corrected chi connectivity index (χ2v) is 6.04. The van der Waals surface area contributed by atoms with E-state index in [4.69, 9.17) is 4.74 Å². The molecule has 0 spiro atoms. The van der Waals surface area contributed by atoms with Crippen LogP contribution < -0.4 is 4.74 Å². The normalized spacial score (nSPS) is 14.7. The summed E-state index contributed by atoms with van der Waals surface area (Å²) in [4.78, 5) is 3.88. The Morgan fingerprint density at radius 1 is 1.29 bits per heavy atom. The topological polar surface area (TPSA) is 60.2 Å². The van der Waals surface area contributed by atoms with Crippen molar-refractivity contribution in [2.75, 3.05) is 0 Å². The van der Waals surface area contributed by atoms with Crippen LogP contribution in [0.2, 0.25) is 0 Å².